The summed E-state index contributed by atoms with van der Waals surface area (Å²) in [6, 6.07) is 6.69. The van der Waals surface area contributed by atoms with E-state index < -0.39 is 23.3 Å². The van der Waals surface area contributed by atoms with Crippen LogP contribution in [0.4, 0.5) is 19.0 Å². The van der Waals surface area contributed by atoms with Crippen LogP contribution in [0.5, 0.6) is 0 Å². The number of pyridine rings is 2. The molecule has 3 heterocycles. The van der Waals surface area contributed by atoms with Gasteiger partial charge < -0.3 is 5.32 Å². The van der Waals surface area contributed by atoms with Crippen molar-refractivity contribution in [3.05, 3.63) is 66.4 Å². The Bertz CT molecular complexity index is 861. The van der Waals surface area contributed by atoms with E-state index in [2.05, 4.69) is 20.4 Å². The number of nitrogens with one attached hydrogen (secondary N) is 1. The van der Waals surface area contributed by atoms with E-state index >= 15 is 0 Å². The summed E-state index contributed by atoms with van der Waals surface area (Å²) in [5.74, 6) is -0.760. The fourth-order valence-corrected chi connectivity index (χ4v) is 2.08. The van der Waals surface area contributed by atoms with Crippen molar-refractivity contribution in [3.8, 4) is 5.69 Å². The zero-order valence-electron chi connectivity index (χ0n) is 12.0. The van der Waals surface area contributed by atoms with Gasteiger partial charge in [0, 0.05) is 24.7 Å². The molecule has 3 rings (SSSR count). The van der Waals surface area contributed by atoms with E-state index in [1.807, 2.05) is 0 Å². The highest BCUT2D eigenvalue weighted by Gasteiger charge is 2.36. The van der Waals surface area contributed by atoms with Gasteiger partial charge in [0.05, 0.1) is 17.4 Å². The van der Waals surface area contributed by atoms with E-state index in [9.17, 15) is 18.0 Å². The molecule has 1 amide bonds. The van der Waals surface area contributed by atoms with Gasteiger partial charge in [-0.25, -0.2) is 4.68 Å². The van der Waals surface area contributed by atoms with Crippen molar-refractivity contribution < 1.29 is 18.0 Å². The summed E-state index contributed by atoms with van der Waals surface area (Å²) >= 11 is 0. The maximum atomic E-state index is 13.0. The van der Waals surface area contributed by atoms with Crippen LogP contribution in [0.1, 0.15) is 16.1 Å². The monoisotopic (exact) mass is 333 g/mol. The first kappa shape index (κ1) is 15.7. The molecule has 0 aromatic carbocycles. The maximum absolute atomic E-state index is 13.0. The number of rotatable bonds is 3. The third-order valence-corrected chi connectivity index (χ3v) is 3.12. The second-order valence-electron chi connectivity index (χ2n) is 4.69. The molecule has 0 bridgehead atoms. The van der Waals surface area contributed by atoms with Crippen LogP contribution in [0, 0.1) is 0 Å². The number of hydrogen-bond donors (Lipinski definition) is 1. The quantitative estimate of drug-likeness (QED) is 0.800. The molecule has 0 fully saturated rings. The fourth-order valence-electron chi connectivity index (χ4n) is 2.08. The normalized spacial score (nSPS) is 11.3. The zero-order valence-corrected chi connectivity index (χ0v) is 12.0. The van der Waals surface area contributed by atoms with Crippen molar-refractivity contribution in [1.29, 1.82) is 0 Å². The Morgan fingerprint density at radius 3 is 2.50 bits per heavy atom. The zero-order chi connectivity index (χ0) is 17.2. The van der Waals surface area contributed by atoms with Crippen molar-refractivity contribution in [3.63, 3.8) is 0 Å². The Hall–Kier alpha value is -3.23. The summed E-state index contributed by atoms with van der Waals surface area (Å²) < 4.78 is 40.3. The van der Waals surface area contributed by atoms with Crippen LogP contribution >= 0.6 is 0 Å². The number of carbonyl (C=O) groups excluding carboxylic acids is 1. The second-order valence-corrected chi connectivity index (χ2v) is 4.69. The third-order valence-electron chi connectivity index (χ3n) is 3.12. The van der Waals surface area contributed by atoms with Crippen LogP contribution < -0.4 is 5.32 Å². The van der Waals surface area contributed by atoms with Gasteiger partial charge in [-0.3, -0.25) is 14.8 Å². The van der Waals surface area contributed by atoms with Crippen LogP contribution in [0.15, 0.2) is 55.1 Å². The van der Waals surface area contributed by atoms with Gasteiger partial charge in [0.15, 0.2) is 0 Å². The van der Waals surface area contributed by atoms with E-state index in [0.717, 1.165) is 18.3 Å². The minimum atomic E-state index is -4.67. The standard InChI is InChI=1S/C15H10F3N5O/c16-15(17,18)11-2-1-6-20-13(11)14(24)22-12-5-9-21-23(12)10-3-7-19-8-4-10/h1-9H,(H,22,24). The van der Waals surface area contributed by atoms with E-state index in [1.165, 1.54) is 29.3 Å². The fraction of sp³-hybridized carbons (Fsp3) is 0.0667. The van der Waals surface area contributed by atoms with Gasteiger partial charge in [0.2, 0.25) is 0 Å². The first-order valence-electron chi connectivity index (χ1n) is 6.75. The summed E-state index contributed by atoms with van der Waals surface area (Å²) in [5.41, 5.74) is -1.20. The summed E-state index contributed by atoms with van der Waals surface area (Å²) in [7, 11) is 0. The first-order chi connectivity index (χ1) is 11.5. The molecule has 0 radical (unpaired) electrons. The van der Waals surface area contributed by atoms with E-state index in [1.54, 1.807) is 12.1 Å². The molecule has 0 saturated carbocycles. The molecule has 3 aromatic rings. The average molecular weight is 333 g/mol. The molecule has 9 heteroatoms. The van der Waals surface area contributed by atoms with Crippen LogP contribution in [-0.4, -0.2) is 25.7 Å². The van der Waals surface area contributed by atoms with Crippen molar-refractivity contribution >= 4 is 11.7 Å². The molecule has 6 nitrogen and oxygen atoms in total. The average Bonchev–Trinajstić information content (AvgIpc) is 3.03. The van der Waals surface area contributed by atoms with Crippen LogP contribution in [0.25, 0.3) is 5.69 Å². The lowest BCUT2D eigenvalue weighted by Gasteiger charge is -2.12. The highest BCUT2D eigenvalue weighted by molar-refractivity contribution is 6.03. The van der Waals surface area contributed by atoms with E-state index in [4.69, 9.17) is 0 Å². The number of halogens is 3. The molecule has 0 atom stereocenters. The largest absolute Gasteiger partial charge is 0.418 e. The van der Waals surface area contributed by atoms with Crippen LogP contribution in [0.3, 0.4) is 0 Å². The van der Waals surface area contributed by atoms with Gasteiger partial charge in [0.1, 0.15) is 11.5 Å². The summed E-state index contributed by atoms with van der Waals surface area (Å²) in [6.45, 7) is 0. The van der Waals surface area contributed by atoms with Gasteiger partial charge in [-0.15, -0.1) is 0 Å². The van der Waals surface area contributed by atoms with Crippen molar-refractivity contribution in [2.24, 2.45) is 0 Å². The molecule has 122 valence electrons. The summed E-state index contributed by atoms with van der Waals surface area (Å²) in [5, 5.41) is 6.43. The van der Waals surface area contributed by atoms with Crippen LogP contribution in [-0.2, 0) is 6.18 Å². The number of anilines is 1. The Balaban J connectivity index is 1.92. The number of hydrogen-bond acceptors (Lipinski definition) is 4. The third kappa shape index (κ3) is 3.09. The van der Waals surface area contributed by atoms with Gasteiger partial charge in [-0.2, -0.15) is 18.3 Å². The second kappa shape index (κ2) is 6.11. The van der Waals surface area contributed by atoms with Gasteiger partial charge in [0.25, 0.3) is 5.91 Å². The smallest absolute Gasteiger partial charge is 0.305 e. The number of nitrogens with zero attached hydrogens (tertiary/aromatic N) is 4. The lowest BCUT2D eigenvalue weighted by atomic mass is 10.2. The Morgan fingerprint density at radius 2 is 1.79 bits per heavy atom. The highest BCUT2D eigenvalue weighted by Crippen LogP contribution is 2.31. The highest BCUT2D eigenvalue weighted by atomic mass is 19.4. The molecule has 0 aliphatic rings. The number of alkyl halides is 3. The Kier molecular flexibility index (Phi) is 3.98. The molecular formula is C15H10F3N5O. The number of aromatic nitrogens is 4. The minimum Gasteiger partial charge on any atom is -0.305 e. The van der Waals surface area contributed by atoms with Crippen LogP contribution in [0.2, 0.25) is 0 Å². The van der Waals surface area contributed by atoms with Gasteiger partial charge >= 0.3 is 6.18 Å². The molecule has 0 saturated heterocycles. The summed E-state index contributed by atoms with van der Waals surface area (Å²) in [6.07, 6.45) is 0.933. The number of carbonyl (C=O) groups is 1. The summed E-state index contributed by atoms with van der Waals surface area (Å²) in [4.78, 5) is 19.7. The molecule has 0 unspecified atom stereocenters. The molecule has 0 spiro atoms. The Morgan fingerprint density at radius 1 is 1.04 bits per heavy atom. The minimum absolute atomic E-state index is 0.213. The Labute approximate surface area is 134 Å². The van der Waals surface area contributed by atoms with Gasteiger partial charge in [-0.1, -0.05) is 0 Å². The first-order valence-corrected chi connectivity index (χ1v) is 6.75. The van der Waals surface area contributed by atoms with Gasteiger partial charge in [-0.05, 0) is 24.3 Å². The SMILES string of the molecule is O=C(Nc1ccnn1-c1ccncc1)c1ncccc1C(F)(F)F. The molecule has 24 heavy (non-hydrogen) atoms. The van der Waals surface area contributed by atoms with Crippen molar-refractivity contribution in [1.82, 2.24) is 19.7 Å². The van der Waals surface area contributed by atoms with E-state index in [0.29, 0.717) is 5.69 Å². The topological polar surface area (TPSA) is 72.7 Å². The molecule has 3 aromatic heterocycles. The maximum Gasteiger partial charge on any atom is 0.418 e. The van der Waals surface area contributed by atoms with Crippen molar-refractivity contribution in [2.75, 3.05) is 5.32 Å². The lowest BCUT2D eigenvalue weighted by Crippen LogP contribution is -2.21. The van der Waals surface area contributed by atoms with E-state index in [-0.39, 0.29) is 5.82 Å². The predicted octanol–water partition coefficient (Wildman–Crippen LogP) is 2.93. The van der Waals surface area contributed by atoms with Crippen molar-refractivity contribution in [2.45, 2.75) is 6.18 Å². The molecule has 1 N–H and O–H groups in total. The molecule has 0 aliphatic carbocycles. The molecule has 0 aliphatic heterocycles. The predicted molar refractivity (Wildman–Crippen MR) is 78.6 cm³/mol. The lowest BCUT2D eigenvalue weighted by molar-refractivity contribution is -0.138. The molecular weight excluding hydrogens is 323 g/mol. The number of amides is 1.